The minimum absolute atomic E-state index is 0.0269. The highest BCUT2D eigenvalue weighted by Gasteiger charge is 2.40. The SMILES string of the molecule is COc1ccc(OC)c(Nc2cc(C(=O)N3CCC4(CC3)OCCO4)ccn2)c1. The number of amides is 1. The number of hydrogen-bond acceptors (Lipinski definition) is 7. The van der Waals surface area contributed by atoms with E-state index in [1.54, 1.807) is 32.5 Å². The quantitative estimate of drug-likeness (QED) is 0.828. The Hall–Kier alpha value is -2.84. The summed E-state index contributed by atoms with van der Waals surface area (Å²) in [7, 11) is 3.20. The zero-order chi connectivity index (χ0) is 20.3. The van der Waals surface area contributed by atoms with Gasteiger partial charge in [0.2, 0.25) is 0 Å². The lowest BCUT2D eigenvalue weighted by molar-refractivity contribution is -0.181. The fourth-order valence-corrected chi connectivity index (χ4v) is 3.70. The van der Waals surface area contributed by atoms with E-state index in [0.29, 0.717) is 67.7 Å². The van der Waals surface area contributed by atoms with Gasteiger partial charge in [0, 0.05) is 43.8 Å². The highest BCUT2D eigenvalue weighted by atomic mass is 16.7. The van der Waals surface area contributed by atoms with E-state index in [9.17, 15) is 4.79 Å². The van der Waals surface area contributed by atoms with Crippen LogP contribution in [0.3, 0.4) is 0 Å². The van der Waals surface area contributed by atoms with Crippen molar-refractivity contribution in [3.63, 3.8) is 0 Å². The van der Waals surface area contributed by atoms with E-state index in [1.165, 1.54) is 0 Å². The Bertz CT molecular complexity index is 872. The molecule has 2 saturated heterocycles. The molecule has 0 aliphatic carbocycles. The molecule has 4 rings (SSSR count). The van der Waals surface area contributed by atoms with Crippen LogP contribution in [0.15, 0.2) is 36.5 Å². The predicted molar refractivity (Wildman–Crippen MR) is 107 cm³/mol. The summed E-state index contributed by atoms with van der Waals surface area (Å²) < 4.78 is 22.1. The molecule has 0 bridgehead atoms. The number of benzene rings is 1. The molecule has 0 radical (unpaired) electrons. The Morgan fingerprint density at radius 3 is 2.55 bits per heavy atom. The molecule has 1 aromatic heterocycles. The van der Waals surface area contributed by atoms with Gasteiger partial charge in [-0.05, 0) is 24.3 Å². The third-order valence-corrected chi connectivity index (χ3v) is 5.30. The maximum absolute atomic E-state index is 13.0. The van der Waals surface area contributed by atoms with Crippen molar-refractivity contribution in [3.8, 4) is 11.5 Å². The molecule has 2 aliphatic heterocycles. The molecule has 8 nitrogen and oxygen atoms in total. The monoisotopic (exact) mass is 399 g/mol. The zero-order valence-corrected chi connectivity index (χ0v) is 16.6. The number of rotatable bonds is 5. The van der Waals surface area contributed by atoms with Crippen LogP contribution < -0.4 is 14.8 Å². The van der Waals surface area contributed by atoms with Crippen LogP contribution in [0.1, 0.15) is 23.2 Å². The Balaban J connectivity index is 1.47. The van der Waals surface area contributed by atoms with Gasteiger partial charge in [-0.2, -0.15) is 0 Å². The number of aromatic nitrogens is 1. The minimum atomic E-state index is -0.495. The molecule has 0 saturated carbocycles. The lowest BCUT2D eigenvalue weighted by Gasteiger charge is -2.37. The molecule has 2 aliphatic rings. The van der Waals surface area contributed by atoms with E-state index < -0.39 is 5.79 Å². The summed E-state index contributed by atoms with van der Waals surface area (Å²) >= 11 is 0. The number of piperidine rings is 1. The summed E-state index contributed by atoms with van der Waals surface area (Å²) in [5.74, 6) is 1.38. The van der Waals surface area contributed by atoms with Gasteiger partial charge < -0.3 is 29.2 Å². The number of likely N-dealkylation sites (tertiary alicyclic amines) is 1. The Morgan fingerprint density at radius 2 is 1.86 bits per heavy atom. The van der Waals surface area contributed by atoms with Crippen LogP contribution in [0, 0.1) is 0 Å². The lowest BCUT2D eigenvalue weighted by atomic mass is 10.0. The van der Waals surface area contributed by atoms with E-state index in [0.717, 1.165) is 0 Å². The minimum Gasteiger partial charge on any atom is -0.497 e. The van der Waals surface area contributed by atoms with Crippen molar-refractivity contribution in [2.45, 2.75) is 18.6 Å². The number of pyridine rings is 1. The Kier molecular flexibility index (Phi) is 5.55. The molecule has 1 N–H and O–H groups in total. The van der Waals surface area contributed by atoms with Gasteiger partial charge in [-0.1, -0.05) is 0 Å². The van der Waals surface area contributed by atoms with Gasteiger partial charge in [0.25, 0.3) is 5.91 Å². The second kappa shape index (κ2) is 8.26. The van der Waals surface area contributed by atoms with Crippen LogP contribution in [-0.2, 0) is 9.47 Å². The summed E-state index contributed by atoms with van der Waals surface area (Å²) in [6.45, 7) is 2.46. The fourth-order valence-electron chi connectivity index (χ4n) is 3.70. The van der Waals surface area contributed by atoms with Gasteiger partial charge in [-0.3, -0.25) is 4.79 Å². The molecule has 29 heavy (non-hydrogen) atoms. The first kappa shape index (κ1) is 19.5. The van der Waals surface area contributed by atoms with Crippen molar-refractivity contribution < 1.29 is 23.7 Å². The van der Waals surface area contributed by atoms with E-state index in [4.69, 9.17) is 18.9 Å². The average Bonchev–Trinajstić information content (AvgIpc) is 3.22. The first-order valence-corrected chi connectivity index (χ1v) is 9.65. The highest BCUT2D eigenvalue weighted by molar-refractivity contribution is 5.95. The lowest BCUT2D eigenvalue weighted by Crippen LogP contribution is -2.47. The normalized spacial score (nSPS) is 17.9. The van der Waals surface area contributed by atoms with E-state index in [2.05, 4.69) is 10.3 Å². The number of carbonyl (C=O) groups excluding carboxylic acids is 1. The largest absolute Gasteiger partial charge is 0.497 e. The van der Waals surface area contributed by atoms with Crippen LogP contribution in [0.25, 0.3) is 0 Å². The summed E-state index contributed by atoms with van der Waals surface area (Å²) in [5.41, 5.74) is 1.29. The smallest absolute Gasteiger partial charge is 0.254 e. The van der Waals surface area contributed by atoms with E-state index in [1.807, 2.05) is 23.1 Å². The third-order valence-electron chi connectivity index (χ3n) is 5.30. The molecule has 2 aromatic rings. The Labute approximate surface area is 169 Å². The van der Waals surface area contributed by atoms with Gasteiger partial charge >= 0.3 is 0 Å². The van der Waals surface area contributed by atoms with Gasteiger partial charge in [0.15, 0.2) is 5.79 Å². The standard InChI is InChI=1S/C21H25N3O5/c1-26-16-3-4-18(27-2)17(14-16)23-19-13-15(5-8-22-19)20(25)24-9-6-21(7-10-24)28-11-12-29-21/h3-5,8,13-14H,6-7,9-12H2,1-2H3,(H,22,23). The Morgan fingerprint density at radius 1 is 1.10 bits per heavy atom. The summed E-state index contributed by atoms with van der Waals surface area (Å²) in [5, 5.41) is 3.21. The van der Waals surface area contributed by atoms with Crippen LogP contribution in [0.5, 0.6) is 11.5 Å². The molecular weight excluding hydrogens is 374 g/mol. The fraction of sp³-hybridized carbons (Fsp3) is 0.429. The number of nitrogens with zero attached hydrogens (tertiary/aromatic N) is 2. The third kappa shape index (κ3) is 4.13. The van der Waals surface area contributed by atoms with E-state index in [-0.39, 0.29) is 5.91 Å². The van der Waals surface area contributed by atoms with Gasteiger partial charge in [-0.15, -0.1) is 0 Å². The number of carbonyl (C=O) groups is 1. The maximum atomic E-state index is 13.0. The molecule has 0 unspecified atom stereocenters. The number of methoxy groups -OCH3 is 2. The molecule has 154 valence electrons. The van der Waals surface area contributed by atoms with Gasteiger partial charge in [-0.25, -0.2) is 4.98 Å². The van der Waals surface area contributed by atoms with Gasteiger partial charge in [0.1, 0.15) is 17.3 Å². The van der Waals surface area contributed by atoms with Crippen LogP contribution in [0.4, 0.5) is 11.5 Å². The number of hydrogen-bond donors (Lipinski definition) is 1. The summed E-state index contributed by atoms with van der Waals surface area (Å²) in [6, 6.07) is 8.92. The maximum Gasteiger partial charge on any atom is 0.254 e. The molecule has 1 spiro atoms. The number of ether oxygens (including phenoxy) is 4. The zero-order valence-electron chi connectivity index (χ0n) is 16.6. The molecular formula is C21H25N3O5. The van der Waals surface area contributed by atoms with E-state index >= 15 is 0 Å². The molecule has 0 atom stereocenters. The van der Waals surface area contributed by atoms with Crippen molar-refractivity contribution in [1.82, 2.24) is 9.88 Å². The predicted octanol–water partition coefficient (Wildman–Crippen LogP) is 2.82. The summed E-state index contributed by atoms with van der Waals surface area (Å²) in [6.07, 6.45) is 3.00. The molecule has 1 aromatic carbocycles. The summed E-state index contributed by atoms with van der Waals surface area (Å²) in [4.78, 5) is 19.1. The van der Waals surface area contributed by atoms with Crippen molar-refractivity contribution in [3.05, 3.63) is 42.1 Å². The number of anilines is 2. The van der Waals surface area contributed by atoms with Crippen LogP contribution in [0.2, 0.25) is 0 Å². The van der Waals surface area contributed by atoms with Crippen LogP contribution in [-0.4, -0.2) is 62.1 Å². The molecule has 8 heteroatoms. The highest BCUT2D eigenvalue weighted by Crippen LogP contribution is 2.33. The van der Waals surface area contributed by atoms with Crippen molar-refractivity contribution >= 4 is 17.4 Å². The second-order valence-corrected chi connectivity index (χ2v) is 7.02. The first-order valence-electron chi connectivity index (χ1n) is 9.65. The van der Waals surface area contributed by atoms with Crippen molar-refractivity contribution in [2.24, 2.45) is 0 Å². The molecule has 2 fully saturated rings. The topological polar surface area (TPSA) is 82.2 Å². The second-order valence-electron chi connectivity index (χ2n) is 7.02. The van der Waals surface area contributed by atoms with Crippen LogP contribution >= 0.6 is 0 Å². The van der Waals surface area contributed by atoms with Gasteiger partial charge in [0.05, 0.1) is 33.1 Å². The molecule has 3 heterocycles. The average molecular weight is 399 g/mol. The van der Waals surface area contributed by atoms with Crippen molar-refractivity contribution in [1.29, 1.82) is 0 Å². The number of nitrogens with one attached hydrogen (secondary N) is 1. The van der Waals surface area contributed by atoms with Crippen molar-refractivity contribution in [2.75, 3.05) is 45.8 Å². The molecule has 1 amide bonds. The first-order chi connectivity index (χ1) is 14.1.